The summed E-state index contributed by atoms with van der Waals surface area (Å²) >= 11 is 10.5. The first-order valence-electron chi connectivity index (χ1n) is 5.25. The molecule has 0 aliphatic heterocycles. The maximum Gasteiger partial charge on any atom is 3.00 e. The van der Waals surface area contributed by atoms with E-state index in [4.69, 9.17) is 23.2 Å². The zero-order valence-electron chi connectivity index (χ0n) is 9.85. The Morgan fingerprint density at radius 3 is 1.62 bits per heavy atom. The smallest absolute Gasteiger partial charge is 0.343 e. The standard InChI is InChI=1S/C5H5.2C4H8Cl.Ti/c1-2-4-5-3-1;2*1-2-3-4-5;/h1-3H,4H2;2*1-4H2;/q3*-1;+3. The normalized spacial score (nSPS) is 10.8. The predicted octanol–water partition coefficient (Wildman–Crippen LogP) is 4.98. The van der Waals surface area contributed by atoms with Crippen molar-refractivity contribution in [2.75, 3.05) is 11.8 Å². The first-order chi connectivity index (χ1) is 7.33. The number of alkyl halides is 2. The summed E-state index contributed by atoms with van der Waals surface area (Å²) in [5.74, 6) is 1.51. The average molecular weight is 296 g/mol. The molecule has 0 aromatic carbocycles. The van der Waals surface area contributed by atoms with E-state index < -0.39 is 0 Å². The number of hydrogen-bond donors (Lipinski definition) is 0. The van der Waals surface area contributed by atoms with Crippen LogP contribution in [0.3, 0.4) is 0 Å². The van der Waals surface area contributed by atoms with Crippen LogP contribution in [-0.2, 0) is 21.7 Å². The summed E-state index contributed by atoms with van der Waals surface area (Å²) in [6.45, 7) is 7.18. The topological polar surface area (TPSA) is 0 Å². The van der Waals surface area contributed by atoms with E-state index >= 15 is 0 Å². The average Bonchev–Trinajstić information content (AvgIpc) is 2.79. The predicted molar refractivity (Wildman–Crippen MR) is 72.2 cm³/mol. The fourth-order valence-corrected chi connectivity index (χ4v) is 0.907. The summed E-state index contributed by atoms with van der Waals surface area (Å²) in [6, 6.07) is 0. The van der Waals surface area contributed by atoms with Gasteiger partial charge in [0.1, 0.15) is 0 Å². The minimum Gasteiger partial charge on any atom is -0.343 e. The summed E-state index contributed by atoms with van der Waals surface area (Å²) in [4.78, 5) is 0. The minimum atomic E-state index is 0. The van der Waals surface area contributed by atoms with Gasteiger partial charge in [0.2, 0.25) is 0 Å². The molecule has 0 bridgehead atoms. The third kappa shape index (κ3) is 29.3. The van der Waals surface area contributed by atoms with Gasteiger partial charge < -0.3 is 13.8 Å². The van der Waals surface area contributed by atoms with Crippen LogP contribution in [0.25, 0.3) is 0 Å². The van der Waals surface area contributed by atoms with E-state index in [0.29, 0.717) is 0 Å². The van der Waals surface area contributed by atoms with E-state index in [1.165, 1.54) is 0 Å². The SMILES string of the molecule is [C-]1=CC=CC1.[CH2-]CCCCl.[CH2-]CCCCl.[Ti+3]. The van der Waals surface area contributed by atoms with Gasteiger partial charge in [-0.15, -0.1) is 29.6 Å². The molecule has 0 saturated carbocycles. The van der Waals surface area contributed by atoms with Crippen LogP contribution in [0.4, 0.5) is 0 Å². The molecule has 0 nitrogen and oxygen atoms in total. The number of hydrogen-bond acceptors (Lipinski definition) is 0. The van der Waals surface area contributed by atoms with E-state index in [2.05, 4.69) is 26.0 Å². The first kappa shape index (κ1) is 22.0. The van der Waals surface area contributed by atoms with Crippen LogP contribution in [0.15, 0.2) is 18.2 Å². The fraction of sp³-hybridized carbons (Fsp3) is 0.538. The molecule has 1 aliphatic rings. The molecule has 91 valence electrons. The molecule has 0 fully saturated rings. The monoisotopic (exact) mass is 295 g/mol. The molecule has 0 spiro atoms. The molecule has 0 N–H and O–H groups in total. The molecule has 0 aromatic rings. The molecule has 0 amide bonds. The summed E-state index contributed by atoms with van der Waals surface area (Å²) < 4.78 is 0. The molecular weight excluding hydrogens is 275 g/mol. The number of halogens is 2. The van der Waals surface area contributed by atoms with E-state index in [0.717, 1.165) is 43.9 Å². The van der Waals surface area contributed by atoms with Crippen molar-refractivity contribution >= 4 is 23.2 Å². The van der Waals surface area contributed by atoms with Gasteiger partial charge in [0.15, 0.2) is 0 Å². The van der Waals surface area contributed by atoms with Gasteiger partial charge in [-0.05, 0) is 0 Å². The molecule has 0 atom stereocenters. The van der Waals surface area contributed by atoms with Crippen molar-refractivity contribution in [3.05, 3.63) is 38.2 Å². The number of allylic oxidation sites excluding steroid dienone is 4. The summed E-state index contributed by atoms with van der Waals surface area (Å²) in [6.07, 6.45) is 14.0. The van der Waals surface area contributed by atoms with Crippen LogP contribution < -0.4 is 0 Å². The van der Waals surface area contributed by atoms with E-state index in [1.807, 2.05) is 12.2 Å². The third-order valence-electron chi connectivity index (χ3n) is 1.35. The molecule has 0 aromatic heterocycles. The molecular formula is C13H21Cl2Ti. The molecule has 1 aliphatic carbocycles. The molecule has 1 rings (SSSR count). The Morgan fingerprint density at radius 1 is 1.06 bits per heavy atom. The fourth-order valence-electron chi connectivity index (χ4n) is 0.529. The first-order valence-corrected chi connectivity index (χ1v) is 6.32. The summed E-state index contributed by atoms with van der Waals surface area (Å²) in [5.41, 5.74) is 0. The van der Waals surface area contributed by atoms with Crippen molar-refractivity contribution < 1.29 is 21.7 Å². The van der Waals surface area contributed by atoms with Crippen LogP contribution >= 0.6 is 23.2 Å². The third-order valence-corrected chi connectivity index (χ3v) is 1.89. The molecule has 0 unspecified atom stereocenters. The van der Waals surface area contributed by atoms with Crippen LogP contribution in [0, 0.1) is 19.9 Å². The summed E-state index contributed by atoms with van der Waals surface area (Å²) in [5, 5.41) is 0. The van der Waals surface area contributed by atoms with Gasteiger partial charge in [-0.1, -0.05) is 12.8 Å². The Bertz CT molecular complexity index is 125. The van der Waals surface area contributed by atoms with Crippen LogP contribution in [0.1, 0.15) is 32.1 Å². The van der Waals surface area contributed by atoms with Crippen LogP contribution in [0.2, 0.25) is 0 Å². The molecule has 0 saturated heterocycles. The number of unbranched alkanes of at least 4 members (excludes halogenated alkanes) is 2. The Morgan fingerprint density at radius 2 is 1.56 bits per heavy atom. The molecule has 3 heteroatoms. The van der Waals surface area contributed by atoms with Gasteiger partial charge in [-0.25, -0.2) is 12.2 Å². The molecule has 16 heavy (non-hydrogen) atoms. The Labute approximate surface area is 126 Å². The van der Waals surface area contributed by atoms with Crippen molar-refractivity contribution in [3.63, 3.8) is 0 Å². The maximum absolute atomic E-state index is 5.26. The second-order valence-corrected chi connectivity index (χ2v) is 3.55. The van der Waals surface area contributed by atoms with Gasteiger partial charge in [0.25, 0.3) is 0 Å². The van der Waals surface area contributed by atoms with Crippen LogP contribution in [-0.4, -0.2) is 11.8 Å². The quantitative estimate of drug-likeness (QED) is 0.390. The van der Waals surface area contributed by atoms with Gasteiger partial charge in [-0.2, -0.15) is 18.9 Å². The summed E-state index contributed by atoms with van der Waals surface area (Å²) in [7, 11) is 0. The zero-order chi connectivity index (χ0) is 11.8. The zero-order valence-corrected chi connectivity index (χ0v) is 12.9. The molecule has 1 radical (unpaired) electrons. The second kappa shape index (κ2) is 24.8. The van der Waals surface area contributed by atoms with Crippen molar-refractivity contribution in [2.24, 2.45) is 0 Å². The van der Waals surface area contributed by atoms with Gasteiger partial charge in [-0.3, -0.25) is 6.08 Å². The van der Waals surface area contributed by atoms with Gasteiger partial charge >= 0.3 is 21.7 Å². The largest absolute Gasteiger partial charge is 3.00 e. The Hall–Kier alpha value is 0.774. The van der Waals surface area contributed by atoms with E-state index in [9.17, 15) is 0 Å². The van der Waals surface area contributed by atoms with Crippen molar-refractivity contribution in [1.29, 1.82) is 0 Å². The Balaban J connectivity index is -0.000000154. The van der Waals surface area contributed by atoms with E-state index in [-0.39, 0.29) is 21.7 Å². The maximum atomic E-state index is 5.26. The van der Waals surface area contributed by atoms with Crippen LogP contribution in [0.5, 0.6) is 0 Å². The number of rotatable bonds is 4. The van der Waals surface area contributed by atoms with Gasteiger partial charge in [0.05, 0.1) is 0 Å². The van der Waals surface area contributed by atoms with Crippen molar-refractivity contribution in [1.82, 2.24) is 0 Å². The van der Waals surface area contributed by atoms with Crippen molar-refractivity contribution in [3.8, 4) is 0 Å². The van der Waals surface area contributed by atoms with E-state index in [1.54, 1.807) is 0 Å². The second-order valence-electron chi connectivity index (χ2n) is 2.80. The minimum absolute atomic E-state index is 0. The van der Waals surface area contributed by atoms with Gasteiger partial charge in [0, 0.05) is 11.8 Å². The molecule has 0 heterocycles. The Kier molecular flexibility index (Phi) is 34.1. The van der Waals surface area contributed by atoms with Crippen molar-refractivity contribution in [2.45, 2.75) is 32.1 Å².